The lowest BCUT2D eigenvalue weighted by molar-refractivity contribution is 0.669. The van der Waals surface area contributed by atoms with Crippen LogP contribution in [0.3, 0.4) is 0 Å². The van der Waals surface area contributed by atoms with Crippen molar-refractivity contribution in [3.8, 4) is 33.4 Å². The first kappa shape index (κ1) is 31.6. The highest BCUT2D eigenvalue weighted by molar-refractivity contribution is 7.26. The number of furan rings is 1. The highest BCUT2D eigenvalue weighted by atomic mass is 32.1. The number of fused-ring (bicyclic) bond motifs is 7. The lowest BCUT2D eigenvalue weighted by Crippen LogP contribution is -2.11. The molecule has 2 heterocycles. The van der Waals surface area contributed by atoms with Crippen LogP contribution >= 0.6 is 11.3 Å². The fraction of sp³-hybridized carbons (Fsp3) is 0. The lowest BCUT2D eigenvalue weighted by atomic mass is 9.97. The maximum atomic E-state index is 6.70. The second-order valence-electron chi connectivity index (χ2n) is 14.1. The average Bonchev–Trinajstić information content (AvgIpc) is 3.83. The standard InChI is InChI=1S/C52H33NOS/c1-2-13-36-33-39(27-26-34(36)12-1)38-15-9-14-37(32-38)35-28-30-40(31-29-35)53(48-23-11-19-44-42-17-4-7-24-49(42)54-51(44)48)47-22-6-3-16-41(47)45-20-10-21-46-43-18-5-8-25-50(43)55-52(45)46/h1-33H. The molecule has 0 unspecified atom stereocenters. The lowest BCUT2D eigenvalue weighted by Gasteiger charge is -2.28. The van der Waals surface area contributed by atoms with Gasteiger partial charge in [0.15, 0.2) is 5.58 Å². The van der Waals surface area contributed by atoms with E-state index < -0.39 is 0 Å². The summed E-state index contributed by atoms with van der Waals surface area (Å²) in [5.74, 6) is 0. The predicted octanol–water partition coefficient (Wildman–Crippen LogP) is 15.6. The zero-order chi connectivity index (χ0) is 36.3. The normalized spacial score (nSPS) is 11.6. The van der Waals surface area contributed by atoms with Crippen LogP contribution in [0.15, 0.2) is 205 Å². The van der Waals surface area contributed by atoms with Crippen molar-refractivity contribution in [1.82, 2.24) is 0 Å². The zero-order valence-corrected chi connectivity index (χ0v) is 30.6. The molecule has 0 bridgehead atoms. The molecule has 0 aliphatic carbocycles. The van der Waals surface area contributed by atoms with Crippen molar-refractivity contribution in [2.24, 2.45) is 0 Å². The van der Waals surface area contributed by atoms with Gasteiger partial charge in [0, 0.05) is 47.8 Å². The fourth-order valence-corrected chi connectivity index (χ4v) is 9.45. The molecule has 0 radical (unpaired) electrons. The van der Waals surface area contributed by atoms with Gasteiger partial charge in [-0.1, -0.05) is 152 Å². The molecule has 3 heteroatoms. The Morgan fingerprint density at radius 1 is 0.382 bits per heavy atom. The van der Waals surface area contributed by atoms with E-state index >= 15 is 0 Å². The number of para-hydroxylation sites is 3. The van der Waals surface area contributed by atoms with Crippen molar-refractivity contribution in [2.45, 2.75) is 0 Å². The van der Waals surface area contributed by atoms with Gasteiger partial charge in [-0.05, 0) is 81.6 Å². The first-order chi connectivity index (χ1) is 27.3. The van der Waals surface area contributed by atoms with Crippen LogP contribution in [0, 0.1) is 0 Å². The highest BCUT2D eigenvalue weighted by Gasteiger charge is 2.23. The molecule has 0 amide bonds. The van der Waals surface area contributed by atoms with E-state index in [-0.39, 0.29) is 0 Å². The van der Waals surface area contributed by atoms with Gasteiger partial charge in [0.05, 0.1) is 11.4 Å². The molecule has 0 atom stereocenters. The Morgan fingerprint density at radius 2 is 1.00 bits per heavy atom. The van der Waals surface area contributed by atoms with Gasteiger partial charge in [0.2, 0.25) is 0 Å². The van der Waals surface area contributed by atoms with E-state index in [4.69, 9.17) is 4.42 Å². The molecule has 0 aliphatic heterocycles. The molecule has 0 saturated carbocycles. The minimum atomic E-state index is 0.866. The minimum Gasteiger partial charge on any atom is -0.454 e. The van der Waals surface area contributed by atoms with Crippen molar-refractivity contribution in [3.05, 3.63) is 200 Å². The molecule has 2 aromatic heterocycles. The highest BCUT2D eigenvalue weighted by Crippen LogP contribution is 2.48. The molecule has 0 spiro atoms. The number of thiophene rings is 1. The summed E-state index contributed by atoms with van der Waals surface area (Å²) >= 11 is 1.86. The minimum absolute atomic E-state index is 0.866. The summed E-state index contributed by atoms with van der Waals surface area (Å²) in [5.41, 5.74) is 12.0. The molecular weight excluding hydrogens is 687 g/mol. The molecule has 9 aromatic carbocycles. The van der Waals surface area contributed by atoms with Gasteiger partial charge in [-0.3, -0.25) is 0 Å². The first-order valence-electron chi connectivity index (χ1n) is 18.7. The van der Waals surface area contributed by atoms with Gasteiger partial charge in [-0.15, -0.1) is 11.3 Å². The average molecular weight is 720 g/mol. The third kappa shape index (κ3) is 5.32. The van der Waals surface area contributed by atoms with E-state index in [1.807, 2.05) is 17.4 Å². The Kier molecular flexibility index (Phi) is 7.39. The SMILES string of the molecule is c1cc(-c2ccc(N(c3ccccc3-c3cccc4c3sc3ccccc34)c3cccc4c3oc3ccccc34)cc2)cc(-c2ccc3ccccc3c2)c1. The molecule has 11 rings (SSSR count). The maximum Gasteiger partial charge on any atom is 0.159 e. The van der Waals surface area contributed by atoms with Crippen LogP contribution in [-0.4, -0.2) is 0 Å². The third-order valence-electron chi connectivity index (χ3n) is 10.9. The largest absolute Gasteiger partial charge is 0.454 e. The van der Waals surface area contributed by atoms with Crippen LogP contribution in [0.4, 0.5) is 17.1 Å². The van der Waals surface area contributed by atoms with Gasteiger partial charge in [0.25, 0.3) is 0 Å². The van der Waals surface area contributed by atoms with Gasteiger partial charge < -0.3 is 9.32 Å². The van der Waals surface area contributed by atoms with Crippen molar-refractivity contribution >= 4 is 81.3 Å². The van der Waals surface area contributed by atoms with Gasteiger partial charge in [-0.2, -0.15) is 0 Å². The molecule has 2 nitrogen and oxygen atoms in total. The van der Waals surface area contributed by atoms with E-state index in [0.717, 1.165) is 44.6 Å². The summed E-state index contributed by atoms with van der Waals surface area (Å²) < 4.78 is 9.29. The predicted molar refractivity (Wildman–Crippen MR) is 235 cm³/mol. The molecule has 55 heavy (non-hydrogen) atoms. The summed E-state index contributed by atoms with van der Waals surface area (Å²) in [6.45, 7) is 0. The second kappa shape index (κ2) is 12.9. The fourth-order valence-electron chi connectivity index (χ4n) is 8.22. The topological polar surface area (TPSA) is 16.4 Å². The van der Waals surface area contributed by atoms with E-state index in [1.165, 1.54) is 58.8 Å². The van der Waals surface area contributed by atoms with Crippen molar-refractivity contribution < 1.29 is 4.42 Å². The number of hydrogen-bond donors (Lipinski definition) is 0. The van der Waals surface area contributed by atoms with Crippen LogP contribution in [-0.2, 0) is 0 Å². The summed E-state index contributed by atoms with van der Waals surface area (Å²) in [7, 11) is 0. The smallest absolute Gasteiger partial charge is 0.159 e. The second-order valence-corrected chi connectivity index (χ2v) is 15.1. The summed E-state index contributed by atoms with van der Waals surface area (Å²) in [4.78, 5) is 2.38. The molecular formula is C52H33NOS. The van der Waals surface area contributed by atoms with Gasteiger partial charge >= 0.3 is 0 Å². The van der Waals surface area contributed by atoms with Crippen LogP contribution < -0.4 is 4.90 Å². The van der Waals surface area contributed by atoms with E-state index in [0.29, 0.717) is 0 Å². The molecule has 0 fully saturated rings. The van der Waals surface area contributed by atoms with E-state index in [1.54, 1.807) is 0 Å². The Labute approximate surface area is 322 Å². The summed E-state index contributed by atoms with van der Waals surface area (Å²) in [6.07, 6.45) is 0. The Balaban J connectivity index is 1.08. The summed E-state index contributed by atoms with van der Waals surface area (Å²) in [6, 6.07) is 72.1. The van der Waals surface area contributed by atoms with Gasteiger partial charge in [-0.25, -0.2) is 0 Å². The Hall–Kier alpha value is -6.94. The van der Waals surface area contributed by atoms with Crippen LogP contribution in [0.1, 0.15) is 0 Å². The van der Waals surface area contributed by atoms with Crippen molar-refractivity contribution in [3.63, 3.8) is 0 Å². The molecule has 0 aliphatic rings. The Bertz CT molecular complexity index is 3220. The number of hydrogen-bond acceptors (Lipinski definition) is 3. The monoisotopic (exact) mass is 719 g/mol. The number of benzene rings is 9. The van der Waals surface area contributed by atoms with Crippen LogP contribution in [0.2, 0.25) is 0 Å². The molecule has 258 valence electrons. The molecule has 11 aromatic rings. The van der Waals surface area contributed by atoms with E-state index in [9.17, 15) is 0 Å². The number of anilines is 3. The van der Waals surface area contributed by atoms with Crippen LogP contribution in [0.5, 0.6) is 0 Å². The zero-order valence-electron chi connectivity index (χ0n) is 29.8. The quantitative estimate of drug-likeness (QED) is 0.170. The molecule has 0 N–H and O–H groups in total. The first-order valence-corrected chi connectivity index (χ1v) is 19.5. The number of nitrogens with zero attached hydrogens (tertiary/aromatic N) is 1. The van der Waals surface area contributed by atoms with Crippen molar-refractivity contribution in [1.29, 1.82) is 0 Å². The van der Waals surface area contributed by atoms with Gasteiger partial charge in [0.1, 0.15) is 5.58 Å². The number of rotatable bonds is 6. The van der Waals surface area contributed by atoms with Crippen molar-refractivity contribution in [2.75, 3.05) is 4.90 Å². The Morgan fingerprint density at radius 3 is 1.91 bits per heavy atom. The van der Waals surface area contributed by atoms with E-state index in [2.05, 4.69) is 199 Å². The van der Waals surface area contributed by atoms with Crippen LogP contribution in [0.25, 0.3) is 86.3 Å². The summed E-state index contributed by atoms with van der Waals surface area (Å²) in [5, 5.41) is 7.30. The third-order valence-corrected chi connectivity index (χ3v) is 12.1. The molecule has 0 saturated heterocycles. The maximum absolute atomic E-state index is 6.70.